The van der Waals surface area contributed by atoms with Crippen LogP contribution in [0.4, 0.5) is 0 Å². The number of ether oxygens (including phenoxy) is 1. The van der Waals surface area contributed by atoms with Gasteiger partial charge in [-0.15, -0.1) is 0 Å². The molecular formula is C63H123NO5. The number of hydrogen-bond donors (Lipinski definition) is 3. The van der Waals surface area contributed by atoms with Crippen LogP contribution in [-0.2, 0) is 14.3 Å². The first-order valence-electron chi connectivity index (χ1n) is 31.4. The lowest BCUT2D eigenvalue weighted by molar-refractivity contribution is -0.143. The van der Waals surface area contributed by atoms with E-state index in [1.165, 1.54) is 263 Å². The number of amides is 1. The fourth-order valence-corrected chi connectivity index (χ4v) is 9.99. The summed E-state index contributed by atoms with van der Waals surface area (Å²) in [6, 6.07) is -0.557. The van der Waals surface area contributed by atoms with Crippen LogP contribution in [0.1, 0.15) is 354 Å². The highest BCUT2D eigenvalue weighted by atomic mass is 16.5. The third kappa shape index (κ3) is 55.8. The Morgan fingerprint density at radius 1 is 0.391 bits per heavy atom. The molecular weight excluding hydrogens is 851 g/mol. The molecule has 69 heavy (non-hydrogen) atoms. The molecule has 0 rings (SSSR count). The molecule has 0 aromatic rings. The van der Waals surface area contributed by atoms with Gasteiger partial charge < -0.3 is 20.3 Å². The Morgan fingerprint density at radius 2 is 0.681 bits per heavy atom. The molecule has 2 atom stereocenters. The van der Waals surface area contributed by atoms with Gasteiger partial charge in [0.15, 0.2) is 0 Å². The molecule has 2 unspecified atom stereocenters. The zero-order valence-corrected chi connectivity index (χ0v) is 46.8. The van der Waals surface area contributed by atoms with E-state index < -0.39 is 12.1 Å². The molecule has 6 nitrogen and oxygen atoms in total. The van der Waals surface area contributed by atoms with E-state index in [1.54, 1.807) is 0 Å². The minimum absolute atomic E-state index is 0.0194. The summed E-state index contributed by atoms with van der Waals surface area (Å²) in [6.45, 7) is 4.94. The lowest BCUT2D eigenvalue weighted by atomic mass is 10.0. The van der Waals surface area contributed by atoms with Crippen LogP contribution < -0.4 is 5.32 Å². The van der Waals surface area contributed by atoms with E-state index in [0.717, 1.165) is 57.8 Å². The van der Waals surface area contributed by atoms with Crippen molar-refractivity contribution >= 4 is 11.9 Å². The molecule has 3 N–H and O–H groups in total. The highest BCUT2D eigenvalue weighted by Gasteiger charge is 2.20. The molecule has 0 aromatic carbocycles. The molecule has 0 spiro atoms. The van der Waals surface area contributed by atoms with Crippen LogP contribution in [0.15, 0.2) is 12.2 Å². The van der Waals surface area contributed by atoms with Crippen molar-refractivity contribution in [2.24, 2.45) is 0 Å². The van der Waals surface area contributed by atoms with E-state index in [4.69, 9.17) is 4.74 Å². The summed E-state index contributed by atoms with van der Waals surface area (Å²) >= 11 is 0. The van der Waals surface area contributed by atoms with E-state index in [0.29, 0.717) is 25.9 Å². The van der Waals surface area contributed by atoms with E-state index in [1.807, 2.05) is 0 Å². The largest absolute Gasteiger partial charge is 0.466 e. The molecule has 0 aliphatic heterocycles. The minimum atomic E-state index is -0.678. The second-order valence-corrected chi connectivity index (χ2v) is 21.7. The van der Waals surface area contributed by atoms with Gasteiger partial charge in [-0.2, -0.15) is 0 Å². The quantitative estimate of drug-likeness (QED) is 0.0321. The molecule has 6 heteroatoms. The van der Waals surface area contributed by atoms with Crippen molar-refractivity contribution in [3.05, 3.63) is 12.2 Å². The van der Waals surface area contributed by atoms with E-state index in [2.05, 4.69) is 31.3 Å². The van der Waals surface area contributed by atoms with Gasteiger partial charge in [-0.05, 0) is 51.4 Å². The highest BCUT2D eigenvalue weighted by Crippen LogP contribution is 2.18. The number of carbonyl (C=O) groups excluding carboxylic acids is 2. The van der Waals surface area contributed by atoms with E-state index >= 15 is 0 Å². The van der Waals surface area contributed by atoms with Crippen LogP contribution in [0.3, 0.4) is 0 Å². The number of rotatable bonds is 59. The Labute approximate surface area is 431 Å². The normalized spacial score (nSPS) is 12.6. The van der Waals surface area contributed by atoms with E-state index in [-0.39, 0.29) is 18.5 Å². The first-order chi connectivity index (χ1) is 34.0. The first kappa shape index (κ1) is 67.6. The molecule has 0 saturated heterocycles. The van der Waals surface area contributed by atoms with Gasteiger partial charge in [0.25, 0.3) is 0 Å². The van der Waals surface area contributed by atoms with Gasteiger partial charge in [-0.25, -0.2) is 0 Å². The van der Waals surface area contributed by atoms with Crippen molar-refractivity contribution in [3.63, 3.8) is 0 Å². The van der Waals surface area contributed by atoms with Crippen molar-refractivity contribution in [1.82, 2.24) is 5.32 Å². The number of aliphatic hydroxyl groups excluding tert-OH is 2. The Balaban J connectivity index is 3.44. The topological polar surface area (TPSA) is 95.9 Å². The van der Waals surface area contributed by atoms with Gasteiger partial charge >= 0.3 is 5.97 Å². The third-order valence-corrected chi connectivity index (χ3v) is 14.8. The summed E-state index contributed by atoms with van der Waals surface area (Å²) in [5.74, 6) is -0.0691. The van der Waals surface area contributed by atoms with Crippen LogP contribution in [0.5, 0.6) is 0 Å². The van der Waals surface area contributed by atoms with Gasteiger partial charge in [0.2, 0.25) is 5.91 Å². The predicted octanol–water partition coefficient (Wildman–Crippen LogP) is 19.6. The van der Waals surface area contributed by atoms with Crippen molar-refractivity contribution in [1.29, 1.82) is 0 Å². The van der Waals surface area contributed by atoms with Crippen molar-refractivity contribution in [3.8, 4) is 0 Å². The van der Waals surface area contributed by atoms with Gasteiger partial charge in [0.1, 0.15) is 0 Å². The minimum Gasteiger partial charge on any atom is -0.466 e. The SMILES string of the molecule is CCCCCCCCC/C=C\CCCCCCCC(=O)OCCCCCCCCCCCCCC(=O)NC(CO)C(O)CCCCCCCCCCCCCCCCCCCCCCCCCCC. The fraction of sp³-hybridized carbons (Fsp3) is 0.937. The van der Waals surface area contributed by atoms with Gasteiger partial charge in [0, 0.05) is 12.8 Å². The van der Waals surface area contributed by atoms with Crippen molar-refractivity contribution in [2.45, 2.75) is 366 Å². The maximum absolute atomic E-state index is 12.5. The monoisotopic (exact) mass is 974 g/mol. The Hall–Kier alpha value is -1.40. The number of unbranched alkanes of at least 4 members (excludes halogenated alkanes) is 46. The molecule has 0 heterocycles. The first-order valence-corrected chi connectivity index (χ1v) is 31.4. The fourth-order valence-electron chi connectivity index (χ4n) is 9.99. The zero-order valence-electron chi connectivity index (χ0n) is 46.8. The summed E-state index contributed by atoms with van der Waals surface area (Å²) in [5.41, 5.74) is 0. The highest BCUT2D eigenvalue weighted by molar-refractivity contribution is 5.76. The summed E-state index contributed by atoms with van der Waals surface area (Å²) in [4.78, 5) is 24.6. The predicted molar refractivity (Wildman–Crippen MR) is 301 cm³/mol. The number of nitrogens with one attached hydrogen (secondary N) is 1. The molecule has 0 aromatic heterocycles. The van der Waals surface area contributed by atoms with Crippen LogP contribution >= 0.6 is 0 Å². The molecule has 0 aliphatic carbocycles. The smallest absolute Gasteiger partial charge is 0.305 e. The van der Waals surface area contributed by atoms with Crippen molar-refractivity contribution in [2.75, 3.05) is 13.2 Å². The molecule has 0 bridgehead atoms. The lowest BCUT2D eigenvalue weighted by Crippen LogP contribution is -2.45. The summed E-state index contributed by atoms with van der Waals surface area (Å²) in [6.07, 6.45) is 70.7. The summed E-state index contributed by atoms with van der Waals surface area (Å²) in [5, 5.41) is 23.4. The van der Waals surface area contributed by atoms with Crippen LogP contribution in [0.2, 0.25) is 0 Å². The van der Waals surface area contributed by atoms with Crippen LogP contribution in [-0.4, -0.2) is 47.4 Å². The maximum Gasteiger partial charge on any atom is 0.305 e. The van der Waals surface area contributed by atoms with E-state index in [9.17, 15) is 19.8 Å². The van der Waals surface area contributed by atoms with Crippen LogP contribution in [0.25, 0.3) is 0 Å². The second-order valence-electron chi connectivity index (χ2n) is 21.7. The van der Waals surface area contributed by atoms with Gasteiger partial charge in [-0.1, -0.05) is 302 Å². The Kier molecular flexibility index (Phi) is 58.0. The Bertz CT molecular complexity index is 1030. The molecule has 410 valence electrons. The average Bonchev–Trinajstić information content (AvgIpc) is 3.35. The lowest BCUT2D eigenvalue weighted by Gasteiger charge is -2.22. The summed E-state index contributed by atoms with van der Waals surface area (Å²) < 4.78 is 5.47. The number of carbonyl (C=O) groups is 2. The average molecular weight is 975 g/mol. The molecule has 0 aliphatic rings. The van der Waals surface area contributed by atoms with Gasteiger partial charge in [-0.3, -0.25) is 9.59 Å². The molecule has 0 fully saturated rings. The molecule has 1 amide bonds. The van der Waals surface area contributed by atoms with Crippen LogP contribution in [0, 0.1) is 0 Å². The number of esters is 1. The molecule has 0 radical (unpaired) electrons. The number of aliphatic hydroxyl groups is 2. The maximum atomic E-state index is 12.5. The van der Waals surface area contributed by atoms with Crippen molar-refractivity contribution < 1.29 is 24.5 Å². The third-order valence-electron chi connectivity index (χ3n) is 14.8. The Morgan fingerprint density at radius 3 is 1.03 bits per heavy atom. The number of allylic oxidation sites excluding steroid dienone is 2. The second kappa shape index (κ2) is 59.2. The number of hydrogen-bond acceptors (Lipinski definition) is 5. The standard InChI is InChI=1S/C63H123NO5/c1-3-5-7-9-11-13-15-17-19-21-22-23-24-25-26-27-28-29-30-32-35-39-43-47-51-55-61(66)60(59-65)64-62(67)56-52-48-44-40-36-34-38-42-46-50-54-58-69-63(68)57-53-49-45-41-37-33-31-20-18-16-14-12-10-8-6-4-2/h20,31,60-61,65-66H,3-19,21-30,32-59H2,1-2H3,(H,64,67)/b31-20-. The molecule has 0 saturated carbocycles. The van der Waals surface area contributed by atoms with Gasteiger partial charge in [0.05, 0.1) is 25.4 Å². The summed E-state index contributed by atoms with van der Waals surface area (Å²) in [7, 11) is 0. The zero-order chi connectivity index (χ0) is 50.0.